The topological polar surface area (TPSA) is 76.6 Å². The van der Waals surface area contributed by atoms with Gasteiger partial charge in [0.1, 0.15) is 5.75 Å². The Morgan fingerprint density at radius 1 is 1.07 bits per heavy atom. The summed E-state index contributed by atoms with van der Waals surface area (Å²) in [6.07, 6.45) is 6.97. The number of pyridine rings is 1. The molecule has 28 heavy (non-hydrogen) atoms. The summed E-state index contributed by atoms with van der Waals surface area (Å²) in [7, 11) is -2.56. The van der Waals surface area contributed by atoms with E-state index in [9.17, 15) is 13.2 Å². The first-order valence-electron chi connectivity index (χ1n) is 8.29. The Morgan fingerprint density at radius 2 is 1.75 bits per heavy atom. The number of thiophene rings is 1. The largest absolute Gasteiger partial charge is 0.497 e. The molecule has 1 aromatic carbocycles. The molecule has 0 fully saturated rings. The maximum Gasteiger partial charge on any atom is 0.270 e. The van der Waals surface area contributed by atoms with Gasteiger partial charge >= 0.3 is 0 Å². The lowest BCUT2D eigenvalue weighted by Gasteiger charge is -2.21. The second-order valence-electron chi connectivity index (χ2n) is 5.75. The number of carbonyl (C=O) groups is 1. The first-order valence-corrected chi connectivity index (χ1v) is 10.6. The van der Waals surface area contributed by atoms with Crippen LogP contribution in [-0.4, -0.2) is 26.4 Å². The summed E-state index contributed by atoms with van der Waals surface area (Å²) in [6, 6.07) is 11.2. The van der Waals surface area contributed by atoms with Gasteiger partial charge in [-0.05, 0) is 59.5 Å². The molecule has 2 aromatic heterocycles. The van der Waals surface area contributed by atoms with Crippen molar-refractivity contribution in [1.82, 2.24) is 4.98 Å². The van der Waals surface area contributed by atoms with Crippen molar-refractivity contribution in [3.05, 3.63) is 70.7 Å². The Morgan fingerprint density at radius 3 is 2.36 bits per heavy atom. The zero-order chi connectivity index (χ0) is 20.1. The van der Waals surface area contributed by atoms with Crippen molar-refractivity contribution in [3.8, 4) is 5.75 Å². The fourth-order valence-electron chi connectivity index (χ4n) is 2.57. The minimum absolute atomic E-state index is 0.0127. The standard InChI is InChI=1S/C20H18N2O4S2/c1-15(23)22(28(24,25)18-6-4-17(26-2)5-7-18)19-11-14-27-20(19)8-3-16-9-12-21-13-10-16/h3-14H,1-2H3/b8-3+. The molecule has 8 heteroatoms. The maximum atomic E-state index is 13.1. The van der Waals surface area contributed by atoms with E-state index in [-0.39, 0.29) is 4.90 Å². The highest BCUT2D eigenvalue weighted by Gasteiger charge is 2.30. The van der Waals surface area contributed by atoms with Gasteiger partial charge in [-0.15, -0.1) is 11.3 Å². The van der Waals surface area contributed by atoms with Crippen LogP contribution in [0.1, 0.15) is 17.4 Å². The lowest BCUT2D eigenvalue weighted by Crippen LogP contribution is -2.35. The molecular weight excluding hydrogens is 396 g/mol. The second-order valence-corrected chi connectivity index (χ2v) is 8.48. The number of sulfonamides is 1. The monoisotopic (exact) mass is 414 g/mol. The Hall–Kier alpha value is -2.97. The number of ether oxygens (including phenoxy) is 1. The molecule has 0 radical (unpaired) electrons. The summed E-state index contributed by atoms with van der Waals surface area (Å²) in [5, 5.41) is 1.75. The Bertz CT molecular complexity index is 1090. The molecule has 0 saturated heterocycles. The molecule has 3 aromatic rings. The van der Waals surface area contributed by atoms with Gasteiger partial charge in [0.05, 0.1) is 22.6 Å². The number of rotatable bonds is 6. The van der Waals surface area contributed by atoms with Gasteiger partial charge in [0.25, 0.3) is 10.0 Å². The predicted molar refractivity (Wildman–Crippen MR) is 111 cm³/mol. The predicted octanol–water partition coefficient (Wildman–Crippen LogP) is 4.06. The van der Waals surface area contributed by atoms with Gasteiger partial charge < -0.3 is 4.74 Å². The molecule has 0 atom stereocenters. The number of benzene rings is 1. The van der Waals surface area contributed by atoms with Crippen molar-refractivity contribution in [2.75, 3.05) is 11.4 Å². The van der Waals surface area contributed by atoms with Gasteiger partial charge in [-0.1, -0.05) is 6.08 Å². The quantitative estimate of drug-likeness (QED) is 0.608. The first kappa shape index (κ1) is 19.8. The van der Waals surface area contributed by atoms with Gasteiger partial charge in [-0.2, -0.15) is 0 Å². The average molecular weight is 415 g/mol. The van der Waals surface area contributed by atoms with Crippen molar-refractivity contribution in [2.45, 2.75) is 11.8 Å². The van der Waals surface area contributed by atoms with Crippen LogP contribution < -0.4 is 9.04 Å². The number of carbonyl (C=O) groups excluding carboxylic acids is 1. The fourth-order valence-corrected chi connectivity index (χ4v) is 4.85. The fraction of sp³-hybridized carbons (Fsp3) is 0.100. The van der Waals surface area contributed by atoms with Gasteiger partial charge in [0.15, 0.2) is 0 Å². The molecule has 0 aliphatic heterocycles. The highest BCUT2D eigenvalue weighted by atomic mass is 32.2. The summed E-state index contributed by atoms with van der Waals surface area (Å²) in [4.78, 5) is 16.9. The highest BCUT2D eigenvalue weighted by Crippen LogP contribution is 2.33. The van der Waals surface area contributed by atoms with Gasteiger partial charge in [-0.3, -0.25) is 9.78 Å². The average Bonchev–Trinajstić information content (AvgIpc) is 3.14. The number of hydrogen-bond donors (Lipinski definition) is 0. The molecule has 144 valence electrons. The van der Waals surface area contributed by atoms with Crippen molar-refractivity contribution < 1.29 is 17.9 Å². The van der Waals surface area contributed by atoms with E-state index in [1.54, 1.807) is 42.0 Å². The van der Waals surface area contributed by atoms with Crippen LogP contribution in [-0.2, 0) is 14.8 Å². The molecule has 0 bridgehead atoms. The summed E-state index contributed by atoms with van der Waals surface area (Å²) >= 11 is 1.35. The Kier molecular flexibility index (Phi) is 5.91. The molecule has 0 unspecified atom stereocenters. The zero-order valence-corrected chi connectivity index (χ0v) is 16.9. The first-order chi connectivity index (χ1) is 13.4. The van der Waals surface area contributed by atoms with E-state index in [0.717, 1.165) is 9.87 Å². The zero-order valence-electron chi connectivity index (χ0n) is 15.3. The highest BCUT2D eigenvalue weighted by molar-refractivity contribution is 7.93. The van der Waals surface area contributed by atoms with Crippen molar-refractivity contribution in [1.29, 1.82) is 0 Å². The third kappa shape index (κ3) is 4.13. The van der Waals surface area contributed by atoms with E-state index in [1.165, 1.54) is 37.5 Å². The van der Waals surface area contributed by atoms with E-state index < -0.39 is 15.9 Å². The van der Waals surface area contributed by atoms with E-state index in [4.69, 9.17) is 4.74 Å². The van der Waals surface area contributed by atoms with E-state index in [0.29, 0.717) is 16.3 Å². The normalized spacial score (nSPS) is 11.5. The van der Waals surface area contributed by atoms with Gasteiger partial charge in [0.2, 0.25) is 5.91 Å². The van der Waals surface area contributed by atoms with Gasteiger partial charge in [-0.25, -0.2) is 12.7 Å². The molecule has 3 rings (SSSR count). The lowest BCUT2D eigenvalue weighted by molar-refractivity contribution is -0.115. The van der Waals surface area contributed by atoms with Crippen molar-refractivity contribution in [2.24, 2.45) is 0 Å². The maximum absolute atomic E-state index is 13.1. The molecule has 2 heterocycles. The molecular formula is C20H18N2O4S2. The van der Waals surface area contributed by atoms with Crippen LogP contribution in [0.25, 0.3) is 12.2 Å². The van der Waals surface area contributed by atoms with Crippen LogP contribution in [0, 0.1) is 0 Å². The molecule has 0 N–H and O–H groups in total. The number of methoxy groups -OCH3 is 1. The van der Waals surface area contributed by atoms with Crippen LogP contribution in [0.3, 0.4) is 0 Å². The lowest BCUT2D eigenvalue weighted by atomic mass is 10.2. The molecule has 1 amide bonds. The molecule has 0 spiro atoms. The molecule has 0 aliphatic carbocycles. The number of nitrogens with zero attached hydrogens (tertiary/aromatic N) is 2. The van der Waals surface area contributed by atoms with Crippen molar-refractivity contribution in [3.63, 3.8) is 0 Å². The van der Waals surface area contributed by atoms with Crippen molar-refractivity contribution >= 4 is 45.1 Å². The van der Waals surface area contributed by atoms with Gasteiger partial charge in [0, 0.05) is 19.3 Å². The van der Waals surface area contributed by atoms with E-state index in [1.807, 2.05) is 18.2 Å². The van der Waals surface area contributed by atoms with Crippen LogP contribution in [0.15, 0.2) is 65.1 Å². The summed E-state index contributed by atoms with van der Waals surface area (Å²) in [5.74, 6) is -0.0578. The minimum Gasteiger partial charge on any atom is -0.497 e. The number of anilines is 1. The van der Waals surface area contributed by atoms with Crippen LogP contribution in [0.4, 0.5) is 5.69 Å². The van der Waals surface area contributed by atoms with E-state index in [2.05, 4.69) is 4.98 Å². The third-order valence-corrected chi connectivity index (χ3v) is 6.58. The van der Waals surface area contributed by atoms with Crippen LogP contribution >= 0.6 is 11.3 Å². The Labute approximate surface area is 167 Å². The van der Waals surface area contributed by atoms with Crippen LogP contribution in [0.5, 0.6) is 5.75 Å². The molecule has 0 saturated carbocycles. The third-order valence-electron chi connectivity index (χ3n) is 3.91. The Balaban J connectivity index is 2.00. The van der Waals surface area contributed by atoms with E-state index >= 15 is 0 Å². The summed E-state index contributed by atoms with van der Waals surface area (Å²) < 4.78 is 32.2. The smallest absolute Gasteiger partial charge is 0.270 e. The second kappa shape index (κ2) is 8.37. The minimum atomic E-state index is -4.06. The summed E-state index contributed by atoms with van der Waals surface area (Å²) in [6.45, 7) is 1.23. The summed E-state index contributed by atoms with van der Waals surface area (Å²) in [5.41, 5.74) is 1.24. The molecule has 6 nitrogen and oxygen atoms in total. The van der Waals surface area contributed by atoms with Crippen LogP contribution in [0.2, 0.25) is 0 Å². The number of hydrogen-bond acceptors (Lipinski definition) is 6. The number of amides is 1. The molecule has 0 aliphatic rings. The number of aromatic nitrogens is 1. The SMILES string of the molecule is COc1ccc(S(=O)(=O)N(C(C)=O)c2ccsc2/C=C/c2ccncc2)cc1.